The number of allylic oxidation sites excluding steroid dienone is 2. The van der Waals surface area contributed by atoms with E-state index in [9.17, 15) is 0 Å². The van der Waals surface area contributed by atoms with Crippen molar-refractivity contribution in [3.05, 3.63) is 35.4 Å². The maximum absolute atomic E-state index is 9.04. The van der Waals surface area contributed by atoms with Crippen LogP contribution in [0.4, 0.5) is 5.69 Å². The van der Waals surface area contributed by atoms with Crippen LogP contribution in [-0.4, -0.2) is 0 Å². The van der Waals surface area contributed by atoms with Gasteiger partial charge in [0.25, 0.3) is 0 Å². The molecule has 0 unspecified atom stereocenters. The van der Waals surface area contributed by atoms with Crippen LogP contribution in [0.1, 0.15) is 36.8 Å². The zero-order valence-corrected chi connectivity index (χ0v) is 8.66. The maximum Gasteiger partial charge on any atom is 0.0998 e. The summed E-state index contributed by atoms with van der Waals surface area (Å²) in [6.07, 6.45) is 6.94. The van der Waals surface area contributed by atoms with Crippen molar-refractivity contribution < 1.29 is 0 Å². The smallest absolute Gasteiger partial charge is 0.0998 e. The van der Waals surface area contributed by atoms with Crippen LogP contribution >= 0.6 is 0 Å². The summed E-state index contributed by atoms with van der Waals surface area (Å²) in [6, 6.07) is 7.80. The lowest BCUT2D eigenvalue weighted by molar-refractivity contribution is 0.742. The van der Waals surface area contributed by atoms with Gasteiger partial charge in [-0.05, 0) is 49.0 Å². The molecule has 1 aliphatic carbocycles. The molecule has 0 bridgehead atoms. The van der Waals surface area contributed by atoms with Gasteiger partial charge in [-0.3, -0.25) is 0 Å². The summed E-state index contributed by atoms with van der Waals surface area (Å²) in [5.41, 5.74) is 9.38. The highest BCUT2D eigenvalue weighted by molar-refractivity contribution is 5.72. The van der Waals surface area contributed by atoms with Gasteiger partial charge in [0.1, 0.15) is 0 Å². The second kappa shape index (κ2) is 4.18. The Morgan fingerprint density at radius 3 is 2.80 bits per heavy atom. The summed E-state index contributed by atoms with van der Waals surface area (Å²) >= 11 is 0. The number of hydrogen-bond acceptors (Lipinski definition) is 2. The summed E-state index contributed by atoms with van der Waals surface area (Å²) in [5.74, 6) is 0. The van der Waals surface area contributed by atoms with Crippen molar-refractivity contribution in [3.63, 3.8) is 0 Å². The molecule has 0 saturated heterocycles. The molecular formula is C13H14N2. The lowest BCUT2D eigenvalue weighted by Gasteiger charge is -2.14. The number of rotatable bonds is 1. The molecule has 2 N–H and O–H groups in total. The van der Waals surface area contributed by atoms with Gasteiger partial charge >= 0.3 is 0 Å². The second-order valence-corrected chi connectivity index (χ2v) is 3.89. The zero-order chi connectivity index (χ0) is 10.7. The third-order valence-electron chi connectivity index (χ3n) is 2.80. The van der Waals surface area contributed by atoms with Gasteiger partial charge in [-0.25, -0.2) is 0 Å². The number of hydrogen-bond donors (Lipinski definition) is 1. The van der Waals surface area contributed by atoms with Gasteiger partial charge in [0.2, 0.25) is 0 Å². The molecule has 1 aliphatic rings. The SMILES string of the molecule is N#Cc1cc(N)ccc1C1=CCCCC1. The van der Waals surface area contributed by atoms with Gasteiger partial charge in [0, 0.05) is 5.69 Å². The van der Waals surface area contributed by atoms with Gasteiger partial charge in [0.05, 0.1) is 11.6 Å². The van der Waals surface area contributed by atoms with Gasteiger partial charge in [-0.1, -0.05) is 12.1 Å². The van der Waals surface area contributed by atoms with E-state index in [2.05, 4.69) is 12.1 Å². The fraction of sp³-hybridized carbons (Fsp3) is 0.308. The summed E-state index contributed by atoms with van der Waals surface area (Å²) < 4.78 is 0. The normalized spacial score (nSPS) is 15.5. The molecule has 0 amide bonds. The highest BCUT2D eigenvalue weighted by Crippen LogP contribution is 2.29. The summed E-state index contributed by atoms with van der Waals surface area (Å²) in [6.45, 7) is 0. The summed E-state index contributed by atoms with van der Waals surface area (Å²) in [4.78, 5) is 0. The van der Waals surface area contributed by atoms with Crippen molar-refractivity contribution in [2.75, 3.05) is 5.73 Å². The first-order valence-electron chi connectivity index (χ1n) is 5.30. The highest BCUT2D eigenvalue weighted by atomic mass is 14.5. The fourth-order valence-corrected chi connectivity index (χ4v) is 2.02. The Kier molecular flexibility index (Phi) is 2.73. The number of nitrogens with zero attached hydrogens (tertiary/aromatic N) is 1. The molecule has 15 heavy (non-hydrogen) atoms. The first-order valence-corrected chi connectivity index (χ1v) is 5.30. The molecule has 2 heteroatoms. The van der Waals surface area contributed by atoms with Crippen molar-refractivity contribution in [3.8, 4) is 6.07 Å². The van der Waals surface area contributed by atoms with Crippen LogP contribution in [0.5, 0.6) is 0 Å². The predicted octanol–water partition coefficient (Wildman–Crippen LogP) is 3.10. The quantitative estimate of drug-likeness (QED) is 0.705. The molecule has 0 heterocycles. The Morgan fingerprint density at radius 2 is 2.13 bits per heavy atom. The minimum absolute atomic E-state index is 0.659. The van der Waals surface area contributed by atoms with Crippen LogP contribution in [0.25, 0.3) is 5.57 Å². The molecule has 0 atom stereocenters. The Hall–Kier alpha value is -1.75. The molecule has 0 fully saturated rings. The number of nitrogen functional groups attached to an aromatic ring is 1. The van der Waals surface area contributed by atoms with Gasteiger partial charge < -0.3 is 5.73 Å². The van der Waals surface area contributed by atoms with E-state index in [0.717, 1.165) is 18.4 Å². The van der Waals surface area contributed by atoms with Crippen LogP contribution in [0, 0.1) is 11.3 Å². The van der Waals surface area contributed by atoms with Crippen LogP contribution in [0.2, 0.25) is 0 Å². The lowest BCUT2D eigenvalue weighted by Crippen LogP contribution is -1.96. The maximum atomic E-state index is 9.04. The molecule has 0 aromatic heterocycles. The van der Waals surface area contributed by atoms with Crippen molar-refractivity contribution in [1.82, 2.24) is 0 Å². The second-order valence-electron chi connectivity index (χ2n) is 3.89. The van der Waals surface area contributed by atoms with E-state index in [-0.39, 0.29) is 0 Å². The zero-order valence-electron chi connectivity index (χ0n) is 8.66. The number of nitriles is 1. The molecule has 0 radical (unpaired) electrons. The molecule has 0 saturated carbocycles. The van der Waals surface area contributed by atoms with E-state index in [0.29, 0.717) is 11.3 Å². The average Bonchev–Trinajstić information content (AvgIpc) is 2.30. The van der Waals surface area contributed by atoms with Crippen molar-refractivity contribution in [2.45, 2.75) is 25.7 Å². The molecular weight excluding hydrogens is 184 g/mol. The monoisotopic (exact) mass is 198 g/mol. The van der Waals surface area contributed by atoms with E-state index in [1.165, 1.54) is 18.4 Å². The van der Waals surface area contributed by atoms with Crippen molar-refractivity contribution in [1.29, 1.82) is 5.26 Å². The van der Waals surface area contributed by atoms with Crippen LogP contribution in [-0.2, 0) is 0 Å². The van der Waals surface area contributed by atoms with Gasteiger partial charge in [-0.2, -0.15) is 5.26 Å². The molecule has 0 aliphatic heterocycles. The van der Waals surface area contributed by atoms with Crippen molar-refractivity contribution >= 4 is 11.3 Å². The van der Waals surface area contributed by atoms with Crippen LogP contribution in [0.3, 0.4) is 0 Å². The molecule has 76 valence electrons. The number of anilines is 1. The number of benzene rings is 1. The van der Waals surface area contributed by atoms with Gasteiger partial charge in [0.15, 0.2) is 0 Å². The standard InChI is InChI=1S/C13H14N2/c14-9-11-8-12(15)6-7-13(11)10-4-2-1-3-5-10/h4,6-8H,1-3,5,15H2. The molecule has 2 rings (SSSR count). The Labute approximate surface area is 90.0 Å². The van der Waals surface area contributed by atoms with E-state index in [1.54, 1.807) is 6.07 Å². The first-order chi connectivity index (χ1) is 7.31. The van der Waals surface area contributed by atoms with E-state index >= 15 is 0 Å². The molecule has 2 nitrogen and oxygen atoms in total. The van der Waals surface area contributed by atoms with E-state index in [4.69, 9.17) is 11.0 Å². The van der Waals surface area contributed by atoms with Crippen LogP contribution in [0.15, 0.2) is 24.3 Å². The first kappa shape index (κ1) is 9.79. The topological polar surface area (TPSA) is 49.8 Å². The Morgan fingerprint density at radius 1 is 1.27 bits per heavy atom. The van der Waals surface area contributed by atoms with E-state index in [1.807, 2.05) is 12.1 Å². The largest absolute Gasteiger partial charge is 0.399 e. The lowest BCUT2D eigenvalue weighted by atomic mass is 9.91. The number of nitrogens with two attached hydrogens (primary N) is 1. The van der Waals surface area contributed by atoms with Crippen LogP contribution < -0.4 is 5.73 Å². The fourth-order valence-electron chi connectivity index (χ4n) is 2.02. The highest BCUT2D eigenvalue weighted by Gasteiger charge is 2.10. The third-order valence-corrected chi connectivity index (χ3v) is 2.80. The van der Waals surface area contributed by atoms with E-state index < -0.39 is 0 Å². The Bertz CT molecular complexity index is 438. The minimum atomic E-state index is 0.659. The predicted molar refractivity (Wildman–Crippen MR) is 62.0 cm³/mol. The summed E-state index contributed by atoms with van der Waals surface area (Å²) in [5, 5.41) is 9.04. The van der Waals surface area contributed by atoms with Gasteiger partial charge in [-0.15, -0.1) is 0 Å². The summed E-state index contributed by atoms with van der Waals surface area (Å²) in [7, 11) is 0. The minimum Gasteiger partial charge on any atom is -0.399 e. The molecule has 1 aromatic rings. The third kappa shape index (κ3) is 2.02. The molecule has 1 aromatic carbocycles. The van der Waals surface area contributed by atoms with Crippen molar-refractivity contribution in [2.24, 2.45) is 0 Å². The Balaban J connectivity index is 2.43. The molecule has 0 spiro atoms. The average molecular weight is 198 g/mol.